The number of carbonyl (C=O) groups excluding carboxylic acids is 3. The molecule has 0 aromatic rings. The van der Waals surface area contributed by atoms with Crippen LogP contribution < -0.4 is 5.11 Å². The van der Waals surface area contributed by atoms with E-state index < -0.39 is 24.3 Å². The minimum absolute atomic E-state index is 0.134. The van der Waals surface area contributed by atoms with Crippen molar-refractivity contribution < 1.29 is 42.9 Å². The summed E-state index contributed by atoms with van der Waals surface area (Å²) < 4.78 is 22.7. The van der Waals surface area contributed by atoms with Gasteiger partial charge in [0.05, 0.1) is 40.3 Å². The fourth-order valence-electron chi connectivity index (χ4n) is 10.2. The van der Waals surface area contributed by atoms with Gasteiger partial charge in [-0.05, 0) is 64.2 Å². The van der Waals surface area contributed by atoms with Crippen LogP contribution in [-0.4, -0.2) is 82.3 Å². The Bertz CT molecular complexity index is 1670. The summed E-state index contributed by atoms with van der Waals surface area (Å²) in [4.78, 5) is 37.4. The fourth-order valence-corrected chi connectivity index (χ4v) is 10.2. The number of unbranched alkanes of at least 4 members (excludes halogenated alkanes) is 37. The molecule has 85 heavy (non-hydrogen) atoms. The second-order valence-electron chi connectivity index (χ2n) is 25.2. The highest BCUT2D eigenvalue weighted by atomic mass is 16.7. The first-order valence-electron chi connectivity index (χ1n) is 35.7. The van der Waals surface area contributed by atoms with Crippen LogP contribution in [0.25, 0.3) is 0 Å². The van der Waals surface area contributed by atoms with Gasteiger partial charge in [-0.15, -0.1) is 0 Å². The molecule has 0 N–H and O–H groups in total. The predicted molar refractivity (Wildman–Crippen MR) is 361 cm³/mol. The Labute approximate surface area is 525 Å². The Kier molecular flexibility index (Phi) is 63.7. The third-order valence-corrected chi connectivity index (χ3v) is 15.7. The molecule has 0 fully saturated rings. The molecule has 0 saturated heterocycles. The summed E-state index contributed by atoms with van der Waals surface area (Å²) in [6.07, 6.45) is 87.1. The van der Waals surface area contributed by atoms with Crippen LogP contribution in [0.2, 0.25) is 0 Å². The van der Waals surface area contributed by atoms with Gasteiger partial charge in [-0.2, -0.15) is 0 Å². The molecule has 0 spiro atoms. The zero-order chi connectivity index (χ0) is 61.9. The first kappa shape index (κ1) is 81.5. The number of nitrogens with zero attached hydrogens (tertiary/aromatic N) is 1. The molecule has 2 atom stereocenters. The maximum atomic E-state index is 12.9. The van der Waals surface area contributed by atoms with Crippen molar-refractivity contribution in [3.05, 3.63) is 85.1 Å². The lowest BCUT2D eigenvalue weighted by atomic mass is 10.0. The molecular weight excluding hydrogens is 1050 g/mol. The van der Waals surface area contributed by atoms with Crippen LogP contribution in [0.5, 0.6) is 0 Å². The standard InChI is InChI=1S/C76H135NO8/c1-6-8-10-12-14-16-18-20-22-24-26-28-30-31-32-33-34-35-36-37-38-39-40-41-42-43-45-46-48-50-52-54-56-58-60-62-64-66-73(78)83-70-72(71-84-76(75(80)81)82-69-68-77(3,4)5)85-74(79)67-65-63-61-59-57-55-53-51-49-47-44-29-27-25-23-21-19-17-15-13-11-9-7-2/h9,11,15,17,21,23,27,29,47,49,53,55,59,61,72,76H,6-8,10,12-14,16,18-20,22,24-26,28,30-46,48,50-52,54,56-58,60,62-71H2,1-5H3/b11-9-,17-15-,23-21-,29-27-,49-47-,55-53-,61-59-. The van der Waals surface area contributed by atoms with E-state index in [-0.39, 0.29) is 38.6 Å². The predicted octanol–water partition coefficient (Wildman–Crippen LogP) is 20.9. The first-order valence-corrected chi connectivity index (χ1v) is 35.7. The van der Waals surface area contributed by atoms with Crippen LogP contribution in [-0.2, 0) is 33.3 Å². The van der Waals surface area contributed by atoms with Crippen LogP contribution >= 0.6 is 0 Å². The Morgan fingerprint density at radius 1 is 0.365 bits per heavy atom. The number of rotatable bonds is 66. The summed E-state index contributed by atoms with van der Waals surface area (Å²) in [5, 5.41) is 11.8. The van der Waals surface area contributed by atoms with E-state index >= 15 is 0 Å². The largest absolute Gasteiger partial charge is 0.545 e. The minimum atomic E-state index is -1.64. The molecule has 2 unspecified atom stereocenters. The van der Waals surface area contributed by atoms with Gasteiger partial charge in [0.15, 0.2) is 12.4 Å². The number of ether oxygens (including phenoxy) is 4. The van der Waals surface area contributed by atoms with E-state index in [1.807, 2.05) is 21.1 Å². The van der Waals surface area contributed by atoms with Gasteiger partial charge in [-0.1, -0.05) is 330 Å². The van der Waals surface area contributed by atoms with E-state index in [0.29, 0.717) is 23.9 Å². The maximum Gasteiger partial charge on any atom is 0.306 e. The number of hydrogen-bond donors (Lipinski definition) is 0. The average Bonchev–Trinajstić information content (AvgIpc) is 3.49. The molecule has 0 aromatic heterocycles. The number of allylic oxidation sites excluding steroid dienone is 14. The van der Waals surface area contributed by atoms with Crippen molar-refractivity contribution >= 4 is 17.9 Å². The van der Waals surface area contributed by atoms with Gasteiger partial charge in [0.1, 0.15) is 13.2 Å². The zero-order valence-corrected chi connectivity index (χ0v) is 56.2. The number of aliphatic carboxylic acids is 1. The molecule has 0 aliphatic rings. The summed E-state index contributed by atoms with van der Waals surface area (Å²) >= 11 is 0. The highest BCUT2D eigenvalue weighted by molar-refractivity contribution is 5.70. The summed E-state index contributed by atoms with van der Waals surface area (Å²) in [6, 6.07) is 0. The SMILES string of the molecule is CC/C=C\C/C=C\C/C=C\C/C=C\C/C=C\C/C=C\C/C=C\CCCC(=O)OC(COC(=O)CCCCCCCCCCCCCCCCCCCCCCCCCCCCCCCCCCCCCCC)COC(OCC[N+](C)(C)C)C(=O)[O-]. The van der Waals surface area contributed by atoms with Gasteiger partial charge in [0.2, 0.25) is 0 Å². The van der Waals surface area contributed by atoms with Gasteiger partial charge in [-0.25, -0.2) is 0 Å². The van der Waals surface area contributed by atoms with E-state index in [1.165, 1.54) is 218 Å². The van der Waals surface area contributed by atoms with Crippen LogP contribution in [0.15, 0.2) is 85.1 Å². The molecule has 0 saturated carbocycles. The van der Waals surface area contributed by atoms with Crippen LogP contribution in [0.3, 0.4) is 0 Å². The highest BCUT2D eigenvalue weighted by Crippen LogP contribution is 2.18. The molecule has 492 valence electrons. The quantitative estimate of drug-likeness (QED) is 0.0195. The van der Waals surface area contributed by atoms with Gasteiger partial charge in [0.25, 0.3) is 0 Å². The third kappa shape index (κ3) is 67.8. The molecule has 9 nitrogen and oxygen atoms in total. The number of esters is 2. The van der Waals surface area contributed by atoms with Crippen molar-refractivity contribution in [2.45, 2.75) is 334 Å². The highest BCUT2D eigenvalue weighted by Gasteiger charge is 2.22. The number of carboxylic acid groups (broad SMARTS) is 1. The van der Waals surface area contributed by atoms with Crippen molar-refractivity contribution in [1.82, 2.24) is 0 Å². The summed E-state index contributed by atoms with van der Waals surface area (Å²) in [5.74, 6) is -2.36. The molecule has 0 aliphatic carbocycles. The molecule has 0 radical (unpaired) electrons. The summed E-state index contributed by atoms with van der Waals surface area (Å²) in [7, 11) is 5.91. The second-order valence-corrected chi connectivity index (χ2v) is 25.2. The number of hydrogen-bond acceptors (Lipinski definition) is 8. The topological polar surface area (TPSA) is 111 Å². The Morgan fingerprint density at radius 3 is 0.988 bits per heavy atom. The number of carboxylic acids is 1. The minimum Gasteiger partial charge on any atom is -0.545 e. The summed E-state index contributed by atoms with van der Waals surface area (Å²) in [6.45, 7) is 4.60. The first-order chi connectivity index (χ1) is 41.6. The Hall–Kier alpha value is -3.53. The van der Waals surface area contributed by atoms with E-state index in [2.05, 4.69) is 98.9 Å². The lowest BCUT2D eigenvalue weighted by molar-refractivity contribution is -0.870. The molecule has 0 aromatic carbocycles. The molecular formula is C76H135NO8. The number of quaternary nitrogens is 1. The average molecular weight is 1190 g/mol. The Morgan fingerprint density at radius 2 is 0.671 bits per heavy atom. The Balaban J connectivity index is 4.07. The normalized spacial score (nSPS) is 13.2. The summed E-state index contributed by atoms with van der Waals surface area (Å²) in [5.41, 5.74) is 0. The van der Waals surface area contributed by atoms with E-state index in [4.69, 9.17) is 18.9 Å². The van der Waals surface area contributed by atoms with E-state index in [9.17, 15) is 19.5 Å². The number of likely N-dealkylation sites (N-methyl/N-ethyl adjacent to an activating group) is 1. The van der Waals surface area contributed by atoms with Gasteiger partial charge in [0, 0.05) is 12.8 Å². The van der Waals surface area contributed by atoms with E-state index in [0.717, 1.165) is 64.2 Å². The third-order valence-electron chi connectivity index (χ3n) is 15.7. The maximum absolute atomic E-state index is 12.9. The van der Waals surface area contributed by atoms with E-state index in [1.54, 1.807) is 0 Å². The van der Waals surface area contributed by atoms with Crippen molar-refractivity contribution in [3.63, 3.8) is 0 Å². The van der Waals surface area contributed by atoms with Crippen LogP contribution in [0, 0.1) is 0 Å². The van der Waals surface area contributed by atoms with Crippen molar-refractivity contribution in [2.24, 2.45) is 0 Å². The van der Waals surface area contributed by atoms with Gasteiger partial charge >= 0.3 is 11.9 Å². The second kappa shape index (κ2) is 66.4. The number of carbonyl (C=O) groups is 3. The van der Waals surface area contributed by atoms with Crippen molar-refractivity contribution in [1.29, 1.82) is 0 Å². The fraction of sp³-hybridized carbons (Fsp3) is 0.776. The molecule has 9 heteroatoms. The molecule has 0 bridgehead atoms. The smallest absolute Gasteiger partial charge is 0.306 e. The van der Waals surface area contributed by atoms with Crippen LogP contribution in [0.4, 0.5) is 0 Å². The lowest BCUT2D eigenvalue weighted by Crippen LogP contribution is -2.44. The van der Waals surface area contributed by atoms with Crippen molar-refractivity contribution in [3.8, 4) is 0 Å². The zero-order valence-electron chi connectivity index (χ0n) is 56.2. The monoisotopic (exact) mass is 1190 g/mol. The van der Waals surface area contributed by atoms with Gasteiger partial charge < -0.3 is 33.3 Å². The molecule has 0 heterocycles. The molecule has 0 rings (SSSR count). The lowest BCUT2D eigenvalue weighted by Gasteiger charge is -2.26. The van der Waals surface area contributed by atoms with Crippen LogP contribution in [0.1, 0.15) is 322 Å². The molecule has 0 amide bonds. The van der Waals surface area contributed by atoms with Gasteiger partial charge in [-0.3, -0.25) is 9.59 Å². The van der Waals surface area contributed by atoms with Crippen molar-refractivity contribution in [2.75, 3.05) is 47.5 Å². The molecule has 0 aliphatic heterocycles.